The molecule has 0 bridgehead atoms. The number of imidazole rings is 1. The fourth-order valence-corrected chi connectivity index (χ4v) is 2.94. The molecule has 0 spiro atoms. The van der Waals surface area contributed by atoms with Gasteiger partial charge in [0.25, 0.3) is 0 Å². The molecule has 0 atom stereocenters. The molecule has 5 rings (SSSR count). The Hall–Kier alpha value is -3.87. The van der Waals surface area contributed by atoms with E-state index in [1.165, 1.54) is 12.3 Å². The number of fused-ring (bicyclic) bond motifs is 2. The molecule has 0 amide bonds. The van der Waals surface area contributed by atoms with Gasteiger partial charge in [0.15, 0.2) is 0 Å². The van der Waals surface area contributed by atoms with E-state index in [1.54, 1.807) is 6.20 Å². The summed E-state index contributed by atoms with van der Waals surface area (Å²) in [6.45, 7) is 0. The summed E-state index contributed by atoms with van der Waals surface area (Å²) in [4.78, 5) is 14.7. The number of nitrogens with zero attached hydrogens (tertiary/aromatic N) is 2. The first kappa shape index (κ1) is 15.4. The second-order valence-electron chi connectivity index (χ2n) is 6.06. The highest BCUT2D eigenvalue weighted by atomic mass is 19.1. The Kier molecular flexibility index (Phi) is 3.50. The van der Waals surface area contributed by atoms with Gasteiger partial charge in [-0.1, -0.05) is 18.2 Å². The second kappa shape index (κ2) is 6.14. The summed E-state index contributed by atoms with van der Waals surface area (Å²) in [6.07, 6.45) is 2.91. The van der Waals surface area contributed by atoms with Gasteiger partial charge in [-0.15, -0.1) is 0 Å². The number of rotatable bonds is 4. The quantitative estimate of drug-likeness (QED) is 0.416. The zero-order chi connectivity index (χ0) is 18.2. The van der Waals surface area contributed by atoms with Gasteiger partial charge in [0, 0.05) is 17.6 Å². The third-order valence-corrected chi connectivity index (χ3v) is 4.18. The minimum Gasteiger partial charge on any atom is -0.457 e. The highest BCUT2D eigenvalue weighted by Gasteiger charge is 2.10. The number of pyridine rings is 1. The van der Waals surface area contributed by atoms with Crippen molar-refractivity contribution >= 4 is 33.7 Å². The van der Waals surface area contributed by atoms with E-state index in [4.69, 9.17) is 4.74 Å². The average Bonchev–Trinajstić information content (AvgIpc) is 3.26. The number of anilines is 2. The van der Waals surface area contributed by atoms with Crippen molar-refractivity contribution in [2.75, 3.05) is 5.32 Å². The monoisotopic (exact) mass is 359 g/mol. The van der Waals surface area contributed by atoms with Crippen LogP contribution < -0.4 is 10.1 Å². The molecule has 7 heteroatoms. The summed E-state index contributed by atoms with van der Waals surface area (Å²) in [5.41, 5.74) is 2.92. The number of halogens is 1. The molecule has 3 aromatic heterocycles. The van der Waals surface area contributed by atoms with Crippen molar-refractivity contribution in [3.8, 4) is 11.5 Å². The van der Waals surface area contributed by atoms with Gasteiger partial charge in [-0.05, 0) is 30.3 Å². The van der Waals surface area contributed by atoms with Gasteiger partial charge in [0.1, 0.15) is 23.0 Å². The molecule has 0 fully saturated rings. The smallest absolute Gasteiger partial charge is 0.205 e. The van der Waals surface area contributed by atoms with E-state index in [1.807, 2.05) is 48.5 Å². The summed E-state index contributed by atoms with van der Waals surface area (Å²) in [7, 11) is 0. The van der Waals surface area contributed by atoms with Crippen LogP contribution in [-0.4, -0.2) is 19.9 Å². The van der Waals surface area contributed by atoms with Crippen LogP contribution in [0.5, 0.6) is 11.5 Å². The number of benzene rings is 2. The van der Waals surface area contributed by atoms with Crippen LogP contribution in [0, 0.1) is 5.82 Å². The lowest BCUT2D eigenvalue weighted by Crippen LogP contribution is -1.91. The predicted octanol–water partition coefficient (Wildman–Crippen LogP) is 5.11. The van der Waals surface area contributed by atoms with E-state index >= 15 is 0 Å². The van der Waals surface area contributed by atoms with Crippen molar-refractivity contribution in [2.45, 2.75) is 0 Å². The third kappa shape index (κ3) is 2.95. The molecule has 0 saturated carbocycles. The highest BCUT2D eigenvalue weighted by molar-refractivity contribution is 5.92. The molecule has 0 aliphatic heterocycles. The minimum absolute atomic E-state index is 0.391. The van der Waals surface area contributed by atoms with Crippen LogP contribution in [0.15, 0.2) is 67.0 Å². The Morgan fingerprint density at radius 3 is 2.78 bits per heavy atom. The van der Waals surface area contributed by atoms with Crippen molar-refractivity contribution in [3.63, 3.8) is 0 Å². The maximum absolute atomic E-state index is 13.5. The Balaban J connectivity index is 1.45. The maximum atomic E-state index is 13.5. The molecule has 6 nitrogen and oxygen atoms in total. The van der Waals surface area contributed by atoms with E-state index in [9.17, 15) is 4.39 Å². The number of hydrogen-bond acceptors (Lipinski definition) is 4. The second-order valence-corrected chi connectivity index (χ2v) is 6.06. The average molecular weight is 359 g/mol. The number of aromatic amines is 2. The number of aromatic nitrogens is 4. The highest BCUT2D eigenvalue weighted by Crippen LogP contribution is 2.28. The van der Waals surface area contributed by atoms with Crippen LogP contribution in [0.1, 0.15) is 0 Å². The van der Waals surface area contributed by atoms with Gasteiger partial charge >= 0.3 is 0 Å². The molecule has 3 N–H and O–H groups in total. The molecule has 0 unspecified atom stereocenters. The Bertz CT molecular complexity index is 1250. The first-order chi connectivity index (χ1) is 13.2. The van der Waals surface area contributed by atoms with Gasteiger partial charge in [0.05, 0.1) is 22.9 Å². The first-order valence-electron chi connectivity index (χ1n) is 8.37. The van der Waals surface area contributed by atoms with Gasteiger partial charge in [-0.25, -0.2) is 14.4 Å². The lowest BCUT2D eigenvalue weighted by molar-refractivity contribution is 0.483. The summed E-state index contributed by atoms with van der Waals surface area (Å²) >= 11 is 0. The zero-order valence-corrected chi connectivity index (χ0v) is 14.0. The Labute approximate surface area is 153 Å². The molecule has 0 aliphatic carbocycles. The number of hydrogen-bond donors (Lipinski definition) is 3. The molecule has 5 aromatic rings. The Morgan fingerprint density at radius 2 is 1.89 bits per heavy atom. The standard InChI is InChI=1S/C20H14FN5O/c21-12-8-15-18(11-23-19(15)22-10-12)26-20-24-16-7-6-14(9-17(16)25-20)27-13-4-2-1-3-5-13/h1-11H,(H,22,23)(H2,24,25,26). The number of nitrogens with one attached hydrogen (secondary N) is 3. The molecule has 0 aliphatic rings. The van der Waals surface area contributed by atoms with Crippen LogP contribution >= 0.6 is 0 Å². The SMILES string of the molecule is Fc1cnc2[nH]cc(Nc3nc4ccc(Oc5ccccc5)cc4[nH]3)c2c1. The first-order valence-corrected chi connectivity index (χ1v) is 8.37. The van der Waals surface area contributed by atoms with E-state index in [0.29, 0.717) is 28.4 Å². The van der Waals surface area contributed by atoms with Gasteiger partial charge < -0.3 is 20.0 Å². The summed E-state index contributed by atoms with van der Waals surface area (Å²) in [5, 5.41) is 3.82. The van der Waals surface area contributed by atoms with Crippen molar-refractivity contribution in [2.24, 2.45) is 0 Å². The lowest BCUT2D eigenvalue weighted by atomic mass is 10.3. The lowest BCUT2D eigenvalue weighted by Gasteiger charge is -2.04. The molecule has 3 heterocycles. The molecule has 27 heavy (non-hydrogen) atoms. The number of para-hydroxylation sites is 1. The predicted molar refractivity (Wildman–Crippen MR) is 102 cm³/mol. The number of ether oxygens (including phenoxy) is 1. The number of H-pyrrole nitrogens is 2. The summed E-state index contributed by atoms with van der Waals surface area (Å²) in [5.74, 6) is 1.63. The fourth-order valence-electron chi connectivity index (χ4n) is 2.94. The summed E-state index contributed by atoms with van der Waals surface area (Å²) < 4.78 is 19.3. The van der Waals surface area contributed by atoms with Crippen LogP contribution in [0.3, 0.4) is 0 Å². The topological polar surface area (TPSA) is 78.6 Å². The zero-order valence-electron chi connectivity index (χ0n) is 14.0. The van der Waals surface area contributed by atoms with Gasteiger partial charge in [-0.2, -0.15) is 0 Å². The van der Waals surface area contributed by atoms with Gasteiger partial charge in [-0.3, -0.25) is 0 Å². The molecule has 0 radical (unpaired) electrons. The van der Waals surface area contributed by atoms with Crippen LogP contribution in [0.25, 0.3) is 22.1 Å². The van der Waals surface area contributed by atoms with Crippen molar-refractivity contribution < 1.29 is 9.13 Å². The molecular formula is C20H14FN5O. The van der Waals surface area contributed by atoms with Crippen LogP contribution in [-0.2, 0) is 0 Å². The van der Waals surface area contributed by atoms with Crippen molar-refractivity contribution in [1.29, 1.82) is 0 Å². The van der Waals surface area contributed by atoms with Crippen LogP contribution in [0.4, 0.5) is 16.0 Å². The van der Waals surface area contributed by atoms with E-state index in [0.717, 1.165) is 16.8 Å². The van der Waals surface area contributed by atoms with Crippen molar-refractivity contribution in [3.05, 3.63) is 72.8 Å². The van der Waals surface area contributed by atoms with E-state index in [-0.39, 0.29) is 0 Å². The van der Waals surface area contributed by atoms with Crippen molar-refractivity contribution in [1.82, 2.24) is 19.9 Å². The fraction of sp³-hybridized carbons (Fsp3) is 0. The minimum atomic E-state index is -0.391. The van der Waals surface area contributed by atoms with Gasteiger partial charge in [0.2, 0.25) is 5.95 Å². The normalized spacial score (nSPS) is 11.1. The largest absolute Gasteiger partial charge is 0.457 e. The van der Waals surface area contributed by atoms with E-state index in [2.05, 4.69) is 25.3 Å². The van der Waals surface area contributed by atoms with E-state index < -0.39 is 5.82 Å². The molecule has 132 valence electrons. The molecule has 2 aromatic carbocycles. The third-order valence-electron chi connectivity index (χ3n) is 4.18. The molecular weight excluding hydrogens is 345 g/mol. The summed E-state index contributed by atoms with van der Waals surface area (Å²) in [6, 6.07) is 16.6. The van der Waals surface area contributed by atoms with Crippen LogP contribution in [0.2, 0.25) is 0 Å². The maximum Gasteiger partial charge on any atom is 0.205 e. The Morgan fingerprint density at radius 1 is 1.00 bits per heavy atom. The molecule has 0 saturated heterocycles.